The fourth-order valence-corrected chi connectivity index (χ4v) is 2.93. The van der Waals surface area contributed by atoms with E-state index in [1.54, 1.807) is 11.3 Å². The summed E-state index contributed by atoms with van der Waals surface area (Å²) in [5, 5.41) is 5.54. The van der Waals surface area contributed by atoms with Crippen LogP contribution in [0.4, 0.5) is 4.79 Å². The molecule has 2 N–H and O–H groups in total. The Labute approximate surface area is 127 Å². The van der Waals surface area contributed by atoms with Gasteiger partial charge in [0.05, 0.1) is 22.8 Å². The fraction of sp³-hybridized carbons (Fsp3) is 0.357. The van der Waals surface area contributed by atoms with Crippen LogP contribution in [0.2, 0.25) is 0 Å². The van der Waals surface area contributed by atoms with Gasteiger partial charge >= 0.3 is 6.03 Å². The van der Waals surface area contributed by atoms with Gasteiger partial charge in [-0.3, -0.25) is 15.0 Å². The maximum atomic E-state index is 11.7. The van der Waals surface area contributed by atoms with Crippen molar-refractivity contribution < 1.29 is 9.59 Å². The van der Waals surface area contributed by atoms with Crippen LogP contribution in [-0.2, 0) is 4.79 Å². The molecule has 0 saturated heterocycles. The van der Waals surface area contributed by atoms with Gasteiger partial charge in [-0.25, -0.2) is 9.78 Å². The van der Waals surface area contributed by atoms with Crippen LogP contribution in [0.15, 0.2) is 24.3 Å². The van der Waals surface area contributed by atoms with Crippen LogP contribution >= 0.6 is 11.3 Å². The molecule has 0 aliphatic rings. The Hall–Kier alpha value is -1.99. The molecule has 0 aliphatic carbocycles. The first-order chi connectivity index (χ1) is 10.0. The summed E-state index contributed by atoms with van der Waals surface area (Å²) in [4.78, 5) is 29.2. The zero-order valence-electron chi connectivity index (χ0n) is 12.2. The van der Waals surface area contributed by atoms with Gasteiger partial charge < -0.3 is 5.32 Å². The Morgan fingerprint density at radius 1 is 1.38 bits per heavy atom. The summed E-state index contributed by atoms with van der Waals surface area (Å²) in [7, 11) is 3.30. The van der Waals surface area contributed by atoms with Crippen molar-refractivity contribution in [1.29, 1.82) is 0 Å². The Bertz CT molecular complexity index is 622. The van der Waals surface area contributed by atoms with Crippen molar-refractivity contribution in [2.45, 2.75) is 13.0 Å². The lowest BCUT2D eigenvalue weighted by Crippen LogP contribution is -2.43. The van der Waals surface area contributed by atoms with E-state index < -0.39 is 6.03 Å². The summed E-state index contributed by atoms with van der Waals surface area (Å²) in [5.74, 6) is -0.343. The van der Waals surface area contributed by atoms with Gasteiger partial charge in [-0.05, 0) is 26.1 Å². The van der Waals surface area contributed by atoms with Crippen molar-refractivity contribution in [3.8, 4) is 0 Å². The molecule has 21 heavy (non-hydrogen) atoms. The SMILES string of the molecule is CNC(=O)NC(=O)CN(C)[C@@H](C)c1nc2ccccc2s1. The number of urea groups is 1. The first-order valence-electron chi connectivity index (χ1n) is 6.58. The molecule has 1 aromatic carbocycles. The average molecular weight is 306 g/mol. The summed E-state index contributed by atoms with van der Waals surface area (Å²) < 4.78 is 1.13. The maximum absolute atomic E-state index is 11.7. The van der Waals surface area contributed by atoms with Crippen LogP contribution in [-0.4, -0.2) is 42.5 Å². The molecule has 2 rings (SSSR count). The molecule has 0 saturated carbocycles. The van der Waals surface area contributed by atoms with Crippen molar-refractivity contribution in [2.24, 2.45) is 0 Å². The normalized spacial score (nSPS) is 12.4. The minimum atomic E-state index is -0.499. The molecule has 0 unspecified atom stereocenters. The molecule has 0 fully saturated rings. The van der Waals surface area contributed by atoms with E-state index in [-0.39, 0.29) is 18.5 Å². The van der Waals surface area contributed by atoms with Crippen molar-refractivity contribution in [1.82, 2.24) is 20.5 Å². The van der Waals surface area contributed by atoms with E-state index in [0.717, 1.165) is 15.2 Å². The first kappa shape index (κ1) is 15.4. The third-order valence-corrected chi connectivity index (χ3v) is 4.41. The van der Waals surface area contributed by atoms with Crippen LogP contribution in [0.5, 0.6) is 0 Å². The number of carbonyl (C=O) groups is 2. The van der Waals surface area contributed by atoms with Gasteiger partial charge in [-0.2, -0.15) is 0 Å². The lowest BCUT2D eigenvalue weighted by molar-refractivity contribution is -0.121. The molecule has 0 bridgehead atoms. The number of fused-ring (bicyclic) bond motifs is 1. The highest BCUT2D eigenvalue weighted by Gasteiger charge is 2.19. The predicted molar refractivity (Wildman–Crippen MR) is 83.3 cm³/mol. The molecule has 112 valence electrons. The predicted octanol–water partition coefficient (Wildman–Crippen LogP) is 1.74. The topological polar surface area (TPSA) is 74.3 Å². The van der Waals surface area contributed by atoms with E-state index in [1.165, 1.54) is 7.05 Å². The van der Waals surface area contributed by atoms with Gasteiger partial charge in [-0.15, -0.1) is 11.3 Å². The quantitative estimate of drug-likeness (QED) is 0.902. The van der Waals surface area contributed by atoms with Gasteiger partial charge in [0, 0.05) is 7.05 Å². The molecule has 2 aromatic rings. The van der Waals surface area contributed by atoms with Gasteiger partial charge in [-0.1, -0.05) is 12.1 Å². The summed E-state index contributed by atoms with van der Waals surface area (Å²) >= 11 is 1.62. The highest BCUT2D eigenvalue weighted by atomic mass is 32.1. The van der Waals surface area contributed by atoms with E-state index in [4.69, 9.17) is 0 Å². The number of para-hydroxylation sites is 1. The number of likely N-dealkylation sites (N-methyl/N-ethyl adjacent to an activating group) is 1. The van der Waals surface area contributed by atoms with Crippen molar-refractivity contribution in [3.63, 3.8) is 0 Å². The highest BCUT2D eigenvalue weighted by molar-refractivity contribution is 7.18. The molecule has 1 atom stereocenters. The number of rotatable bonds is 4. The molecule has 6 nitrogen and oxygen atoms in total. The molecule has 1 aromatic heterocycles. The lowest BCUT2D eigenvalue weighted by atomic mass is 10.3. The Kier molecular flexibility index (Phi) is 4.87. The molecule has 3 amide bonds. The van der Waals surface area contributed by atoms with Crippen LogP contribution in [0, 0.1) is 0 Å². The van der Waals surface area contributed by atoms with Crippen LogP contribution in [0.25, 0.3) is 10.2 Å². The minimum Gasteiger partial charge on any atom is -0.341 e. The minimum absolute atomic E-state index is 0.00200. The van der Waals surface area contributed by atoms with Crippen molar-refractivity contribution >= 4 is 33.5 Å². The van der Waals surface area contributed by atoms with Crippen molar-refractivity contribution in [2.75, 3.05) is 20.6 Å². The van der Waals surface area contributed by atoms with Crippen LogP contribution in [0.1, 0.15) is 18.0 Å². The Balaban J connectivity index is 2.03. The number of benzene rings is 1. The molecule has 7 heteroatoms. The zero-order chi connectivity index (χ0) is 15.4. The Morgan fingerprint density at radius 2 is 2.10 bits per heavy atom. The monoisotopic (exact) mass is 306 g/mol. The number of hydrogen-bond acceptors (Lipinski definition) is 5. The van der Waals surface area contributed by atoms with E-state index in [0.29, 0.717) is 0 Å². The average Bonchev–Trinajstić information content (AvgIpc) is 2.89. The molecule has 1 heterocycles. The van der Waals surface area contributed by atoms with Gasteiger partial charge in [0.15, 0.2) is 0 Å². The van der Waals surface area contributed by atoms with Gasteiger partial charge in [0.25, 0.3) is 0 Å². The van der Waals surface area contributed by atoms with E-state index in [9.17, 15) is 9.59 Å². The molecular weight excluding hydrogens is 288 g/mol. The van der Waals surface area contributed by atoms with E-state index >= 15 is 0 Å². The second-order valence-corrected chi connectivity index (χ2v) is 5.80. The number of thiazole rings is 1. The summed E-state index contributed by atoms with van der Waals surface area (Å²) in [6, 6.07) is 7.44. The van der Waals surface area contributed by atoms with Crippen molar-refractivity contribution in [3.05, 3.63) is 29.3 Å². The molecule has 0 aliphatic heterocycles. The third-order valence-electron chi connectivity index (χ3n) is 3.20. The summed E-state index contributed by atoms with van der Waals surface area (Å²) in [5.41, 5.74) is 0.965. The number of aromatic nitrogens is 1. The fourth-order valence-electron chi connectivity index (χ4n) is 1.85. The van der Waals surface area contributed by atoms with Crippen LogP contribution in [0.3, 0.4) is 0 Å². The number of imide groups is 1. The largest absolute Gasteiger partial charge is 0.341 e. The molecular formula is C14H18N4O2S. The number of carbonyl (C=O) groups excluding carboxylic acids is 2. The summed E-state index contributed by atoms with van der Waals surface area (Å²) in [6.07, 6.45) is 0. The number of nitrogens with one attached hydrogen (secondary N) is 2. The summed E-state index contributed by atoms with van der Waals surface area (Å²) in [6.45, 7) is 2.12. The molecule has 0 radical (unpaired) electrons. The van der Waals surface area contributed by atoms with E-state index in [1.807, 2.05) is 43.1 Å². The van der Waals surface area contributed by atoms with E-state index in [2.05, 4.69) is 15.6 Å². The Morgan fingerprint density at radius 3 is 2.76 bits per heavy atom. The van der Waals surface area contributed by atoms with Gasteiger partial charge in [0.1, 0.15) is 5.01 Å². The lowest BCUT2D eigenvalue weighted by Gasteiger charge is -2.21. The zero-order valence-corrected chi connectivity index (χ0v) is 13.0. The second-order valence-electron chi connectivity index (χ2n) is 4.74. The number of nitrogens with zero attached hydrogens (tertiary/aromatic N) is 2. The number of hydrogen-bond donors (Lipinski definition) is 2. The molecule has 0 spiro atoms. The standard InChI is InChI=1S/C14H18N4O2S/c1-9(18(3)8-12(19)17-14(20)15-2)13-16-10-6-4-5-7-11(10)21-13/h4-7,9H,8H2,1-3H3,(H2,15,17,19,20)/t9-/m0/s1. The second kappa shape index (κ2) is 6.64. The smallest absolute Gasteiger partial charge is 0.321 e. The first-order valence-corrected chi connectivity index (χ1v) is 7.40. The van der Waals surface area contributed by atoms with Crippen LogP contribution < -0.4 is 10.6 Å². The van der Waals surface area contributed by atoms with Gasteiger partial charge in [0.2, 0.25) is 5.91 Å². The number of amides is 3. The maximum Gasteiger partial charge on any atom is 0.321 e. The highest BCUT2D eigenvalue weighted by Crippen LogP contribution is 2.28. The third kappa shape index (κ3) is 3.77.